The topological polar surface area (TPSA) is 123 Å². The Morgan fingerprint density at radius 3 is 1.71 bits per heavy atom. The van der Waals surface area contributed by atoms with E-state index in [1.165, 1.54) is 11.8 Å². The van der Waals surface area contributed by atoms with Crippen molar-refractivity contribution in [3.8, 4) is 0 Å². The Labute approximate surface area is 289 Å². The zero-order chi connectivity index (χ0) is 34.3. The second kappa shape index (κ2) is 16.2. The summed E-state index contributed by atoms with van der Waals surface area (Å²) in [6.45, 7) is 7.53. The van der Waals surface area contributed by atoms with Crippen LogP contribution in [0, 0.1) is 5.92 Å². The van der Waals surface area contributed by atoms with Gasteiger partial charge in [0.05, 0.1) is 22.7 Å². The number of allylic oxidation sites excluding steroid dienone is 1. The largest absolute Gasteiger partial charge is 0.598 e. The van der Waals surface area contributed by atoms with Gasteiger partial charge in [-0.1, -0.05) is 73.7 Å². The van der Waals surface area contributed by atoms with Crippen molar-refractivity contribution in [3.05, 3.63) is 120 Å². The first kappa shape index (κ1) is 35.7. The molecule has 2 heterocycles. The molecule has 0 spiro atoms. The number of thioether (sulfide) groups is 1. The molecule has 3 aromatic rings. The summed E-state index contributed by atoms with van der Waals surface area (Å²) in [6, 6.07) is 24.7. The summed E-state index contributed by atoms with van der Waals surface area (Å²) < 4.78 is 41.6. The summed E-state index contributed by atoms with van der Waals surface area (Å²) in [6.07, 6.45) is 0.0418. The van der Waals surface area contributed by atoms with Gasteiger partial charge in [-0.15, -0.1) is 16.5 Å². The van der Waals surface area contributed by atoms with Gasteiger partial charge < -0.3 is 23.5 Å². The third kappa shape index (κ3) is 8.89. The van der Waals surface area contributed by atoms with E-state index in [0.717, 1.165) is 0 Å². The van der Waals surface area contributed by atoms with E-state index in [0.29, 0.717) is 17.7 Å². The number of nitrogens with one attached hydrogen (secondary N) is 1. The molecule has 0 aliphatic carbocycles. The second-order valence-corrected chi connectivity index (χ2v) is 15.9. The van der Waals surface area contributed by atoms with Gasteiger partial charge in [-0.05, 0) is 75.3 Å². The summed E-state index contributed by atoms with van der Waals surface area (Å²) >= 11 is -0.145. The Balaban J connectivity index is 1.63. The number of esters is 3. The normalized spacial score (nSPS) is 27.1. The fourth-order valence-electron chi connectivity index (χ4n) is 5.41. The molecule has 1 N–H and O–H groups in total. The van der Waals surface area contributed by atoms with Crippen LogP contribution in [-0.4, -0.2) is 68.9 Å². The van der Waals surface area contributed by atoms with E-state index in [1.807, 2.05) is 33.8 Å². The van der Waals surface area contributed by atoms with Crippen molar-refractivity contribution in [2.75, 3.05) is 5.75 Å². The summed E-state index contributed by atoms with van der Waals surface area (Å²) in [4.78, 5) is 41.1. The van der Waals surface area contributed by atoms with E-state index in [-0.39, 0.29) is 17.0 Å². The lowest BCUT2D eigenvalue weighted by atomic mass is 9.87. The predicted octanol–water partition coefficient (Wildman–Crippen LogP) is 6.14. The van der Waals surface area contributed by atoms with E-state index in [2.05, 4.69) is 10.8 Å². The monoisotopic (exact) mass is 691 g/mol. The number of rotatable bonds is 8. The molecule has 8 atom stereocenters. The van der Waals surface area contributed by atoms with Gasteiger partial charge in [0.15, 0.2) is 18.3 Å². The fourth-order valence-corrected chi connectivity index (χ4v) is 7.47. The van der Waals surface area contributed by atoms with Crippen molar-refractivity contribution in [1.82, 2.24) is 4.72 Å². The minimum atomic E-state index is -1.55. The van der Waals surface area contributed by atoms with Crippen LogP contribution in [0.5, 0.6) is 0 Å². The highest BCUT2D eigenvalue weighted by atomic mass is 32.2. The molecule has 254 valence electrons. The van der Waals surface area contributed by atoms with Gasteiger partial charge in [0.25, 0.3) is 0 Å². The van der Waals surface area contributed by atoms with Crippen LogP contribution in [0.4, 0.5) is 0 Å². The molecule has 9 nitrogen and oxygen atoms in total. The van der Waals surface area contributed by atoms with Crippen molar-refractivity contribution in [3.63, 3.8) is 0 Å². The standard InChI is InChI=1S/C37H41NO8S2/c1-24-16-14-15-23-47-36-32(45-35(41)27-21-12-7-13-22-27)31(44-34(40)26-19-10-6-11-20-26)30(43-33(39)25-17-8-5-9-18-25)29(46-36)28(24)38-48(42)37(2,3)4/h5-14,16-22,24,28-32,36,38H,15,23H2,1-4H3/b16-14-/t24-,28-,29?,30?,31?,32?,36?,48?/m1/s1. The van der Waals surface area contributed by atoms with Gasteiger partial charge >= 0.3 is 17.9 Å². The van der Waals surface area contributed by atoms with Crippen molar-refractivity contribution in [2.24, 2.45) is 5.92 Å². The Morgan fingerprint density at radius 1 is 0.771 bits per heavy atom. The molecule has 1 fully saturated rings. The van der Waals surface area contributed by atoms with Crippen LogP contribution >= 0.6 is 11.8 Å². The second-order valence-electron chi connectivity index (χ2n) is 12.6. The van der Waals surface area contributed by atoms with Gasteiger partial charge in [0.2, 0.25) is 0 Å². The van der Waals surface area contributed by atoms with Crippen LogP contribution in [0.3, 0.4) is 0 Å². The maximum absolute atomic E-state index is 13.7. The maximum Gasteiger partial charge on any atom is 0.338 e. The van der Waals surface area contributed by atoms with E-state index >= 15 is 0 Å². The van der Waals surface area contributed by atoms with Crippen LogP contribution in [0.1, 0.15) is 65.2 Å². The van der Waals surface area contributed by atoms with Crippen LogP contribution in [0.25, 0.3) is 0 Å². The van der Waals surface area contributed by atoms with Gasteiger partial charge in [0.1, 0.15) is 16.3 Å². The smallest absolute Gasteiger partial charge is 0.338 e. The molecule has 6 unspecified atom stereocenters. The Hall–Kier alpha value is -3.61. The molecule has 0 aromatic heterocycles. The maximum atomic E-state index is 13.7. The molecule has 48 heavy (non-hydrogen) atoms. The Kier molecular flexibility index (Phi) is 12.0. The first-order chi connectivity index (χ1) is 23.0. The summed E-state index contributed by atoms with van der Waals surface area (Å²) in [7, 11) is 0. The summed E-state index contributed by atoms with van der Waals surface area (Å²) in [5, 5.41) is 0. The quantitative estimate of drug-likeness (QED) is 0.128. The van der Waals surface area contributed by atoms with Gasteiger partial charge in [-0.2, -0.15) is 0 Å². The molecule has 1 saturated heterocycles. The molecule has 0 radical (unpaired) electrons. The Morgan fingerprint density at radius 2 is 1.23 bits per heavy atom. The van der Waals surface area contributed by atoms with E-state index in [1.54, 1.807) is 91.0 Å². The molecule has 0 saturated carbocycles. The molecular weight excluding hydrogens is 651 g/mol. The number of fused-ring (bicyclic) bond motifs is 2. The molecule has 2 aliphatic heterocycles. The molecule has 3 aromatic carbocycles. The predicted molar refractivity (Wildman–Crippen MR) is 186 cm³/mol. The fraction of sp³-hybridized carbons (Fsp3) is 0.378. The third-order valence-corrected chi connectivity index (χ3v) is 10.8. The van der Waals surface area contributed by atoms with Crippen molar-refractivity contribution < 1.29 is 37.9 Å². The number of ether oxygens (including phenoxy) is 4. The minimum Gasteiger partial charge on any atom is -0.598 e. The number of carbonyl (C=O) groups excluding carboxylic acids is 3. The van der Waals surface area contributed by atoms with Gasteiger partial charge in [0, 0.05) is 11.4 Å². The molecular formula is C37H41NO8S2. The van der Waals surface area contributed by atoms with E-state index in [9.17, 15) is 18.9 Å². The zero-order valence-corrected chi connectivity index (χ0v) is 29.0. The summed E-state index contributed by atoms with van der Waals surface area (Å²) in [5.74, 6) is -1.66. The Bertz CT molecular complexity index is 1550. The number of carbonyl (C=O) groups is 3. The van der Waals surface area contributed by atoms with Crippen LogP contribution < -0.4 is 4.72 Å². The third-order valence-electron chi connectivity index (χ3n) is 8.01. The van der Waals surface area contributed by atoms with Crippen LogP contribution in [0.15, 0.2) is 103 Å². The molecule has 11 heteroatoms. The SMILES string of the molecule is C[C@@H]1/C=C\CCSC2OC(C(OC(=O)c3ccccc3)C(OC(=O)c3ccccc3)C2OC(=O)c2ccccc2)[C@@H]1N[S+]([O-])C(C)(C)C. The molecule has 0 amide bonds. The highest BCUT2D eigenvalue weighted by molar-refractivity contribution is 7.99. The first-order valence-electron chi connectivity index (χ1n) is 15.9. The molecule has 2 bridgehead atoms. The lowest BCUT2D eigenvalue weighted by molar-refractivity contribution is -0.207. The van der Waals surface area contributed by atoms with Crippen molar-refractivity contribution in [1.29, 1.82) is 0 Å². The number of benzene rings is 3. The van der Waals surface area contributed by atoms with Gasteiger partial charge in [-0.25, -0.2) is 14.4 Å². The average molecular weight is 692 g/mol. The molecule has 5 rings (SSSR count). The minimum absolute atomic E-state index is 0.253. The van der Waals surface area contributed by atoms with Crippen molar-refractivity contribution in [2.45, 2.75) is 74.8 Å². The first-order valence-corrected chi connectivity index (χ1v) is 18.1. The average Bonchev–Trinajstić information content (AvgIpc) is 3.09. The lowest BCUT2D eigenvalue weighted by Crippen LogP contribution is -2.67. The van der Waals surface area contributed by atoms with Crippen molar-refractivity contribution >= 4 is 41.0 Å². The van der Waals surface area contributed by atoms with Crippen LogP contribution in [0.2, 0.25) is 0 Å². The zero-order valence-electron chi connectivity index (χ0n) is 27.4. The van der Waals surface area contributed by atoms with Gasteiger partial charge in [-0.3, -0.25) is 0 Å². The highest BCUT2D eigenvalue weighted by Gasteiger charge is 2.56. The highest BCUT2D eigenvalue weighted by Crippen LogP contribution is 2.39. The lowest BCUT2D eigenvalue weighted by Gasteiger charge is -2.48. The molecule has 2 aliphatic rings. The van der Waals surface area contributed by atoms with E-state index < -0.39 is 69.9 Å². The van der Waals surface area contributed by atoms with Crippen LogP contribution in [-0.2, 0) is 30.3 Å². The number of hydrogen-bond donors (Lipinski definition) is 1. The number of hydrogen-bond acceptors (Lipinski definition) is 10. The van der Waals surface area contributed by atoms with E-state index in [4.69, 9.17) is 18.9 Å². The summed E-state index contributed by atoms with van der Waals surface area (Å²) in [5.41, 5.74) is 0.0172.